The zero-order valence-electron chi connectivity index (χ0n) is 19.8. The molecule has 2 aromatic heterocycles. The molecule has 0 aliphatic carbocycles. The van der Waals surface area contributed by atoms with Crippen LogP contribution in [0.3, 0.4) is 0 Å². The lowest BCUT2D eigenvalue weighted by molar-refractivity contribution is 0.0712. The maximum Gasteiger partial charge on any atom is 0.254 e. The summed E-state index contributed by atoms with van der Waals surface area (Å²) in [6, 6.07) is 18.6. The highest BCUT2D eigenvalue weighted by molar-refractivity contribution is 5.95. The molecular weight excluding hydrogens is 424 g/mol. The molecular formula is C28H32N4O2. The van der Waals surface area contributed by atoms with Gasteiger partial charge in [0, 0.05) is 61.7 Å². The van der Waals surface area contributed by atoms with E-state index in [2.05, 4.69) is 59.3 Å². The van der Waals surface area contributed by atoms with Gasteiger partial charge in [-0.3, -0.25) is 9.78 Å². The minimum absolute atomic E-state index is 0.0941. The maximum absolute atomic E-state index is 13.2. The Bertz CT molecular complexity index is 1130. The van der Waals surface area contributed by atoms with Gasteiger partial charge in [0.15, 0.2) is 0 Å². The monoisotopic (exact) mass is 456 g/mol. The first-order valence-electron chi connectivity index (χ1n) is 12.3. The average Bonchev–Trinajstić information content (AvgIpc) is 2.90. The van der Waals surface area contributed by atoms with Crippen LogP contribution in [0.5, 0.6) is 0 Å². The van der Waals surface area contributed by atoms with Crippen LogP contribution in [0.2, 0.25) is 0 Å². The highest BCUT2D eigenvalue weighted by Gasteiger charge is 2.26. The van der Waals surface area contributed by atoms with Gasteiger partial charge >= 0.3 is 0 Å². The Morgan fingerprint density at radius 2 is 1.79 bits per heavy atom. The fraction of sp³-hybridized carbons (Fsp3) is 0.393. The van der Waals surface area contributed by atoms with Crippen molar-refractivity contribution in [1.29, 1.82) is 0 Å². The molecule has 0 saturated carbocycles. The summed E-state index contributed by atoms with van der Waals surface area (Å²) in [6.07, 6.45) is 4.47. The summed E-state index contributed by atoms with van der Waals surface area (Å²) >= 11 is 0. The molecule has 176 valence electrons. The highest BCUT2D eigenvalue weighted by Crippen LogP contribution is 2.28. The summed E-state index contributed by atoms with van der Waals surface area (Å²) in [7, 11) is 0. The standard InChI is InChI=1S/C28H32N4O2/c1-21-5-2-3-6-23(21)19-25-7-4-8-26(30-25)22-10-13-32(14-11-22)28(33)24-9-12-29-27(20-24)31-15-17-34-18-16-31/h2-9,12,20,22H,10-11,13-19H2,1H3. The number of benzene rings is 1. The number of nitrogens with zero attached hydrogens (tertiary/aromatic N) is 4. The summed E-state index contributed by atoms with van der Waals surface area (Å²) in [5.41, 5.74) is 5.60. The number of aryl methyl sites for hydroxylation is 1. The van der Waals surface area contributed by atoms with E-state index in [1.807, 2.05) is 17.0 Å². The lowest BCUT2D eigenvalue weighted by Crippen LogP contribution is -2.39. The quantitative estimate of drug-likeness (QED) is 0.575. The summed E-state index contributed by atoms with van der Waals surface area (Å²) < 4.78 is 5.43. The molecule has 0 bridgehead atoms. The van der Waals surface area contributed by atoms with E-state index in [-0.39, 0.29) is 5.91 Å². The number of likely N-dealkylation sites (tertiary alicyclic amines) is 1. The smallest absolute Gasteiger partial charge is 0.254 e. The molecule has 0 N–H and O–H groups in total. The van der Waals surface area contributed by atoms with E-state index in [0.717, 1.165) is 62.6 Å². The minimum Gasteiger partial charge on any atom is -0.378 e. The lowest BCUT2D eigenvalue weighted by atomic mass is 9.92. The van der Waals surface area contributed by atoms with Crippen molar-refractivity contribution in [1.82, 2.24) is 14.9 Å². The van der Waals surface area contributed by atoms with Crippen LogP contribution in [-0.4, -0.2) is 60.2 Å². The molecule has 0 unspecified atom stereocenters. The molecule has 4 heterocycles. The molecule has 6 heteroatoms. The molecule has 1 aromatic carbocycles. The fourth-order valence-corrected chi connectivity index (χ4v) is 4.91. The van der Waals surface area contributed by atoms with Gasteiger partial charge in [-0.1, -0.05) is 30.3 Å². The van der Waals surface area contributed by atoms with Gasteiger partial charge in [-0.2, -0.15) is 0 Å². The molecule has 34 heavy (non-hydrogen) atoms. The van der Waals surface area contributed by atoms with Gasteiger partial charge in [-0.15, -0.1) is 0 Å². The van der Waals surface area contributed by atoms with Crippen LogP contribution in [0, 0.1) is 6.92 Å². The van der Waals surface area contributed by atoms with Gasteiger partial charge in [0.05, 0.1) is 13.2 Å². The van der Waals surface area contributed by atoms with Gasteiger partial charge in [-0.05, 0) is 55.2 Å². The van der Waals surface area contributed by atoms with Crippen LogP contribution in [0.1, 0.15) is 51.6 Å². The van der Waals surface area contributed by atoms with Crippen molar-refractivity contribution >= 4 is 11.7 Å². The molecule has 6 nitrogen and oxygen atoms in total. The Labute approximate surface area is 201 Å². The Kier molecular flexibility index (Phi) is 6.86. The van der Waals surface area contributed by atoms with Crippen molar-refractivity contribution in [3.05, 3.63) is 88.9 Å². The average molecular weight is 457 g/mol. The Balaban J connectivity index is 1.21. The van der Waals surface area contributed by atoms with Crippen molar-refractivity contribution in [2.45, 2.75) is 32.1 Å². The van der Waals surface area contributed by atoms with Crippen molar-refractivity contribution in [2.24, 2.45) is 0 Å². The van der Waals surface area contributed by atoms with Crippen molar-refractivity contribution in [2.75, 3.05) is 44.3 Å². The van der Waals surface area contributed by atoms with Gasteiger partial charge in [0.2, 0.25) is 0 Å². The molecule has 5 rings (SSSR count). The second kappa shape index (κ2) is 10.3. The molecule has 1 amide bonds. The van der Waals surface area contributed by atoms with E-state index < -0.39 is 0 Å². The fourth-order valence-electron chi connectivity index (χ4n) is 4.91. The third-order valence-corrected chi connectivity index (χ3v) is 6.99. The number of piperidine rings is 1. The van der Waals surface area contributed by atoms with Gasteiger partial charge in [0.25, 0.3) is 5.91 Å². The number of amides is 1. The SMILES string of the molecule is Cc1ccccc1Cc1cccc(C2CCN(C(=O)c3ccnc(N4CCOCC4)c3)CC2)n1. The van der Waals surface area contributed by atoms with Crippen LogP contribution in [0.4, 0.5) is 5.82 Å². The normalized spacial score (nSPS) is 17.1. The third kappa shape index (κ3) is 5.12. The van der Waals surface area contributed by atoms with Crippen LogP contribution in [-0.2, 0) is 11.2 Å². The largest absolute Gasteiger partial charge is 0.378 e. The summed E-state index contributed by atoms with van der Waals surface area (Å²) in [4.78, 5) is 26.8. The number of rotatable bonds is 5. The molecule has 2 aliphatic heterocycles. The number of anilines is 1. The van der Waals surface area contributed by atoms with Gasteiger partial charge in [-0.25, -0.2) is 4.98 Å². The number of pyridine rings is 2. The molecule has 0 spiro atoms. The van der Waals surface area contributed by atoms with Gasteiger partial charge < -0.3 is 14.5 Å². The summed E-state index contributed by atoms with van der Waals surface area (Å²) in [5.74, 6) is 1.34. The lowest BCUT2D eigenvalue weighted by Gasteiger charge is -2.32. The molecule has 2 saturated heterocycles. The molecule has 3 aromatic rings. The number of hydrogen-bond donors (Lipinski definition) is 0. The van der Waals surface area contributed by atoms with Crippen molar-refractivity contribution in [3.8, 4) is 0 Å². The zero-order valence-corrected chi connectivity index (χ0v) is 19.8. The number of aromatic nitrogens is 2. The number of ether oxygens (including phenoxy) is 1. The summed E-state index contributed by atoms with van der Waals surface area (Å²) in [6.45, 7) is 6.68. The van der Waals surface area contributed by atoms with E-state index in [0.29, 0.717) is 24.7 Å². The maximum atomic E-state index is 13.2. The minimum atomic E-state index is 0.0941. The topological polar surface area (TPSA) is 58.6 Å². The van der Waals surface area contributed by atoms with Gasteiger partial charge in [0.1, 0.15) is 5.82 Å². The zero-order chi connectivity index (χ0) is 23.3. The van der Waals surface area contributed by atoms with E-state index in [4.69, 9.17) is 9.72 Å². The highest BCUT2D eigenvalue weighted by atomic mass is 16.5. The van der Waals surface area contributed by atoms with Crippen LogP contribution in [0.25, 0.3) is 0 Å². The van der Waals surface area contributed by atoms with E-state index in [1.54, 1.807) is 6.20 Å². The first-order valence-corrected chi connectivity index (χ1v) is 12.3. The first kappa shape index (κ1) is 22.5. The van der Waals surface area contributed by atoms with E-state index in [1.165, 1.54) is 11.1 Å². The number of carbonyl (C=O) groups excluding carboxylic acids is 1. The van der Waals surface area contributed by atoms with Crippen LogP contribution < -0.4 is 4.90 Å². The van der Waals surface area contributed by atoms with Crippen LogP contribution in [0.15, 0.2) is 60.8 Å². The molecule has 0 atom stereocenters. The number of carbonyl (C=O) groups is 1. The van der Waals surface area contributed by atoms with Crippen molar-refractivity contribution < 1.29 is 9.53 Å². The van der Waals surface area contributed by atoms with E-state index in [9.17, 15) is 4.79 Å². The Morgan fingerprint density at radius 1 is 1.00 bits per heavy atom. The van der Waals surface area contributed by atoms with E-state index >= 15 is 0 Å². The first-order chi connectivity index (χ1) is 16.7. The predicted molar refractivity (Wildman–Crippen MR) is 133 cm³/mol. The number of hydrogen-bond acceptors (Lipinski definition) is 5. The molecule has 0 radical (unpaired) electrons. The summed E-state index contributed by atoms with van der Waals surface area (Å²) in [5, 5.41) is 0. The molecule has 2 aliphatic rings. The Morgan fingerprint density at radius 3 is 2.59 bits per heavy atom. The molecule has 2 fully saturated rings. The second-order valence-electron chi connectivity index (χ2n) is 9.23. The third-order valence-electron chi connectivity index (χ3n) is 6.99. The predicted octanol–water partition coefficient (Wildman–Crippen LogP) is 4.23. The second-order valence-corrected chi connectivity index (χ2v) is 9.23. The Hall–Kier alpha value is -3.25. The number of morpholine rings is 1. The van der Waals surface area contributed by atoms with Crippen LogP contribution >= 0.6 is 0 Å². The van der Waals surface area contributed by atoms with Crippen molar-refractivity contribution in [3.63, 3.8) is 0 Å².